The predicted molar refractivity (Wildman–Crippen MR) is 72.9 cm³/mol. The summed E-state index contributed by atoms with van der Waals surface area (Å²) in [7, 11) is 0. The summed E-state index contributed by atoms with van der Waals surface area (Å²) in [4.78, 5) is 0. The van der Waals surface area contributed by atoms with E-state index in [9.17, 15) is 43.9 Å². The fourth-order valence-corrected chi connectivity index (χ4v) is 5.92. The normalized spacial score (nSPS) is 17.6. The minimum atomic E-state index is -6.93. The molecule has 1 rings (SSSR count). The van der Waals surface area contributed by atoms with Gasteiger partial charge in [-0.15, -0.1) is 0 Å². The zero-order valence-electron chi connectivity index (χ0n) is 12.8. The van der Waals surface area contributed by atoms with Crippen LogP contribution in [0.25, 0.3) is 0 Å². The van der Waals surface area contributed by atoms with E-state index in [0.29, 0.717) is 8.25 Å². The van der Waals surface area contributed by atoms with Crippen LogP contribution in [-0.4, -0.2) is 47.2 Å². The minimum absolute atomic E-state index is 0.0318. The third kappa shape index (κ3) is 3.68. The second-order valence-electron chi connectivity index (χ2n) is 5.43. The zero-order chi connectivity index (χ0) is 19.7. The summed E-state index contributed by atoms with van der Waals surface area (Å²) in [6.45, 7) is 1.51. The van der Waals surface area contributed by atoms with E-state index in [2.05, 4.69) is 0 Å². The van der Waals surface area contributed by atoms with Gasteiger partial charge in [0.1, 0.15) is 0 Å². The Morgan fingerprint density at radius 2 is 1.16 bits per heavy atom. The molecule has 0 aromatic rings. The van der Waals surface area contributed by atoms with Gasteiger partial charge in [0.25, 0.3) is 0 Å². The summed E-state index contributed by atoms with van der Waals surface area (Å²) in [5.74, 6) is -25.7. The monoisotopic (exact) mass is 503 g/mol. The van der Waals surface area contributed by atoms with Crippen molar-refractivity contribution >= 4 is 19.6 Å². The average Bonchev–Trinajstić information content (AvgIpc) is 3.01. The first-order valence-electron chi connectivity index (χ1n) is 7.13. The van der Waals surface area contributed by atoms with Crippen LogP contribution in [0.4, 0.5) is 43.9 Å². The summed E-state index contributed by atoms with van der Waals surface area (Å²) in [5.41, 5.74) is 0. The van der Waals surface area contributed by atoms with Gasteiger partial charge in [0, 0.05) is 0 Å². The Morgan fingerprint density at radius 3 is 1.60 bits per heavy atom. The van der Waals surface area contributed by atoms with E-state index in [1.807, 2.05) is 0 Å². The predicted octanol–water partition coefficient (Wildman–Crippen LogP) is 5.98. The summed E-state index contributed by atoms with van der Waals surface area (Å²) in [6.07, 6.45) is -0.404. The van der Waals surface area contributed by atoms with E-state index in [-0.39, 0.29) is 12.8 Å². The topological polar surface area (TPSA) is 0 Å². The molecular formula is C14H15F10Te. The SMILES string of the molecule is CCCCCC(F)(F)C(F)(F)C(F)(F)C(F)(F)C(F)(F)[Te]1C=CC=C1. The van der Waals surface area contributed by atoms with Crippen LogP contribution >= 0.6 is 0 Å². The molecule has 0 amide bonds. The van der Waals surface area contributed by atoms with Crippen molar-refractivity contribution in [2.45, 2.75) is 60.3 Å². The molecule has 0 aromatic heterocycles. The molecule has 0 fully saturated rings. The van der Waals surface area contributed by atoms with Crippen molar-refractivity contribution in [1.82, 2.24) is 0 Å². The molecular weight excluding hydrogens is 486 g/mol. The Balaban J connectivity index is 3.21. The maximum atomic E-state index is 13.8. The Morgan fingerprint density at radius 1 is 0.680 bits per heavy atom. The van der Waals surface area contributed by atoms with Crippen molar-refractivity contribution < 1.29 is 43.9 Å². The van der Waals surface area contributed by atoms with E-state index in [1.54, 1.807) is 0 Å². The number of hydrogen-bond donors (Lipinski definition) is 0. The Kier molecular flexibility index (Phi) is 6.60. The molecule has 11 heteroatoms. The van der Waals surface area contributed by atoms with E-state index in [0.717, 1.165) is 12.2 Å². The molecule has 1 aliphatic rings. The molecule has 0 nitrogen and oxygen atoms in total. The third-order valence-corrected chi connectivity index (χ3v) is 8.56. The molecule has 0 bridgehead atoms. The molecule has 0 unspecified atom stereocenters. The molecule has 0 spiro atoms. The standard InChI is InChI=1S/C14H15F10Te/c1-2-3-4-7-10(15,16)11(17,18)12(19,20)13(21,22)14(23,24)25-8-5-6-9-25/h5-6,8-9H,2-4,7H2,1H3. The van der Waals surface area contributed by atoms with Crippen molar-refractivity contribution in [1.29, 1.82) is 0 Å². The molecule has 147 valence electrons. The van der Waals surface area contributed by atoms with Crippen molar-refractivity contribution in [3.8, 4) is 0 Å². The van der Waals surface area contributed by atoms with Crippen LogP contribution in [0.1, 0.15) is 32.6 Å². The van der Waals surface area contributed by atoms with Gasteiger partial charge in [0.05, 0.1) is 0 Å². The van der Waals surface area contributed by atoms with Gasteiger partial charge in [0.15, 0.2) is 0 Å². The first-order valence-corrected chi connectivity index (χ1v) is 11.0. The zero-order valence-corrected chi connectivity index (χ0v) is 15.2. The maximum absolute atomic E-state index is 13.8. The number of halogens is 10. The van der Waals surface area contributed by atoms with Gasteiger partial charge in [-0.2, -0.15) is 0 Å². The van der Waals surface area contributed by atoms with Crippen molar-refractivity contribution in [3.05, 3.63) is 20.4 Å². The van der Waals surface area contributed by atoms with Gasteiger partial charge in [-0.3, -0.25) is 0 Å². The van der Waals surface area contributed by atoms with E-state index in [1.165, 1.54) is 6.92 Å². The molecule has 0 atom stereocenters. The van der Waals surface area contributed by atoms with Gasteiger partial charge >= 0.3 is 144 Å². The molecule has 1 radical (unpaired) electrons. The summed E-state index contributed by atoms with van der Waals surface area (Å²) in [5, 5.41) is 0. The Bertz CT molecular complexity index is 512. The molecule has 0 saturated carbocycles. The van der Waals surface area contributed by atoms with Gasteiger partial charge in [-0.1, -0.05) is 0 Å². The van der Waals surface area contributed by atoms with Crippen LogP contribution in [0, 0.1) is 0 Å². The second-order valence-corrected chi connectivity index (χ2v) is 10.6. The van der Waals surface area contributed by atoms with Crippen LogP contribution in [-0.2, 0) is 0 Å². The number of alkyl halides is 10. The summed E-state index contributed by atoms with van der Waals surface area (Å²) in [6, 6.07) is 0. The Hall–Kier alpha value is -0.430. The second kappa shape index (κ2) is 7.29. The summed E-state index contributed by atoms with van der Waals surface area (Å²) < 4.78 is 132. The first kappa shape index (κ1) is 22.6. The molecule has 0 aliphatic carbocycles. The molecule has 25 heavy (non-hydrogen) atoms. The Labute approximate surface area is 144 Å². The summed E-state index contributed by atoms with van der Waals surface area (Å²) >= 11 is -4.52. The third-order valence-electron chi connectivity index (χ3n) is 3.57. The molecule has 0 saturated heterocycles. The van der Waals surface area contributed by atoms with E-state index in [4.69, 9.17) is 0 Å². The van der Waals surface area contributed by atoms with Gasteiger partial charge < -0.3 is 0 Å². The van der Waals surface area contributed by atoms with Crippen LogP contribution in [0.5, 0.6) is 0 Å². The molecule has 1 heterocycles. The number of hydrogen-bond acceptors (Lipinski definition) is 0. The van der Waals surface area contributed by atoms with Gasteiger partial charge in [0.2, 0.25) is 0 Å². The van der Waals surface area contributed by atoms with E-state index < -0.39 is 60.1 Å². The van der Waals surface area contributed by atoms with Gasteiger partial charge in [-0.05, 0) is 0 Å². The number of unbranched alkanes of at least 4 members (excludes halogenated alkanes) is 2. The number of allylic oxidation sites excluding steroid dienone is 2. The van der Waals surface area contributed by atoms with Crippen LogP contribution < -0.4 is 0 Å². The van der Waals surface area contributed by atoms with Crippen molar-refractivity contribution in [2.75, 3.05) is 0 Å². The average molecular weight is 501 g/mol. The molecule has 0 N–H and O–H groups in total. The van der Waals surface area contributed by atoms with Crippen LogP contribution in [0.3, 0.4) is 0 Å². The molecule has 1 aliphatic heterocycles. The quantitative estimate of drug-likeness (QED) is 0.207. The molecule has 0 aromatic carbocycles. The number of rotatable bonds is 9. The van der Waals surface area contributed by atoms with Crippen LogP contribution in [0.2, 0.25) is 0 Å². The van der Waals surface area contributed by atoms with Crippen LogP contribution in [0.15, 0.2) is 20.4 Å². The van der Waals surface area contributed by atoms with Crippen molar-refractivity contribution in [2.24, 2.45) is 0 Å². The van der Waals surface area contributed by atoms with E-state index >= 15 is 0 Å². The first-order chi connectivity index (χ1) is 11.2. The van der Waals surface area contributed by atoms with Gasteiger partial charge in [-0.25, -0.2) is 0 Å². The van der Waals surface area contributed by atoms with Crippen molar-refractivity contribution in [3.63, 3.8) is 0 Å². The fraction of sp³-hybridized carbons (Fsp3) is 0.714. The fourth-order valence-electron chi connectivity index (χ4n) is 1.99.